The van der Waals surface area contributed by atoms with Gasteiger partial charge in [-0.2, -0.15) is 0 Å². The Labute approximate surface area is 432 Å². The molecule has 410 valence electrons. The van der Waals surface area contributed by atoms with Crippen LogP contribution in [0.2, 0.25) is 0 Å². The summed E-state index contributed by atoms with van der Waals surface area (Å²) < 4.78 is 0. The minimum atomic E-state index is -0.951. The largest absolute Gasteiger partial charge is 0.394 e. The van der Waals surface area contributed by atoms with Crippen LogP contribution in [-0.2, 0) is 4.79 Å². The molecule has 1 amide bonds. The second-order valence-electron chi connectivity index (χ2n) is 22.0. The Hall–Kier alpha value is -1.17. The highest BCUT2D eigenvalue weighted by Crippen LogP contribution is 2.19. The lowest BCUT2D eigenvalue weighted by Crippen LogP contribution is -2.45. The van der Waals surface area contributed by atoms with Crippen LogP contribution in [0, 0.1) is 0 Å². The van der Waals surface area contributed by atoms with Crippen LogP contribution < -0.4 is 5.32 Å². The minimum Gasteiger partial charge on any atom is -0.394 e. The van der Waals surface area contributed by atoms with E-state index in [2.05, 4.69) is 31.3 Å². The summed E-state index contributed by atoms with van der Waals surface area (Å²) >= 11 is 0. The molecule has 0 bridgehead atoms. The molecule has 0 aliphatic rings. The van der Waals surface area contributed by atoms with Gasteiger partial charge in [0.05, 0.1) is 31.3 Å². The van der Waals surface area contributed by atoms with Gasteiger partial charge in [-0.25, -0.2) is 0 Å². The van der Waals surface area contributed by atoms with Gasteiger partial charge < -0.3 is 20.6 Å². The molecule has 0 aliphatic carbocycles. The third-order valence-electron chi connectivity index (χ3n) is 15.0. The van der Waals surface area contributed by atoms with Crippen molar-refractivity contribution in [1.29, 1.82) is 0 Å². The molecule has 0 aliphatic heterocycles. The standard InChI is InChI=1S/C64H125NO4/c1-3-5-7-9-11-13-15-17-19-21-23-25-27-29-30-31-32-33-34-35-37-39-41-43-45-47-49-51-53-55-57-61(67)59-64(69)65-62(60-66)63(68)58-56-54-52-50-48-46-44-42-40-38-36-28-26-24-22-20-18-16-14-12-10-8-6-4-2/h48,50,56,58,61-63,66-68H,3-47,49,51-55,57,59-60H2,1-2H3,(H,65,69)/b50-48+,58-56+. The summed E-state index contributed by atoms with van der Waals surface area (Å²) in [6, 6.07) is -0.760. The number of unbranched alkanes of at least 4 members (excludes halogenated alkanes) is 48. The summed E-state index contributed by atoms with van der Waals surface area (Å²) in [5.74, 6) is -0.318. The molecule has 0 rings (SSSR count). The molecule has 5 nitrogen and oxygen atoms in total. The number of hydrogen-bond donors (Lipinski definition) is 4. The highest BCUT2D eigenvalue weighted by Gasteiger charge is 2.20. The third kappa shape index (κ3) is 56.0. The fraction of sp³-hybridized carbons (Fsp3) is 0.922. The van der Waals surface area contributed by atoms with E-state index in [0.717, 1.165) is 32.1 Å². The third-order valence-corrected chi connectivity index (χ3v) is 15.0. The van der Waals surface area contributed by atoms with Crippen molar-refractivity contribution in [3.8, 4) is 0 Å². The monoisotopic (exact) mass is 972 g/mol. The van der Waals surface area contributed by atoms with Gasteiger partial charge in [0.25, 0.3) is 0 Å². The molecule has 0 aromatic carbocycles. The lowest BCUT2D eigenvalue weighted by molar-refractivity contribution is -0.124. The summed E-state index contributed by atoms with van der Waals surface area (Å²) in [4.78, 5) is 12.6. The van der Waals surface area contributed by atoms with Gasteiger partial charge in [-0.1, -0.05) is 340 Å². The van der Waals surface area contributed by atoms with Gasteiger partial charge >= 0.3 is 0 Å². The van der Waals surface area contributed by atoms with Crippen LogP contribution in [0.3, 0.4) is 0 Å². The van der Waals surface area contributed by atoms with E-state index < -0.39 is 18.2 Å². The van der Waals surface area contributed by atoms with Gasteiger partial charge in [0, 0.05) is 0 Å². The normalized spacial score (nSPS) is 13.3. The Kier molecular flexibility index (Phi) is 58.4. The number of nitrogens with one attached hydrogen (secondary N) is 1. The molecule has 5 heteroatoms. The molecular formula is C64H125NO4. The second kappa shape index (κ2) is 59.4. The number of amides is 1. The minimum absolute atomic E-state index is 0.0107. The summed E-state index contributed by atoms with van der Waals surface area (Å²) in [5, 5.41) is 33.5. The topological polar surface area (TPSA) is 89.8 Å². The maximum absolute atomic E-state index is 12.6. The first kappa shape index (κ1) is 67.8. The van der Waals surface area contributed by atoms with Gasteiger partial charge in [-0.3, -0.25) is 4.79 Å². The fourth-order valence-corrected chi connectivity index (χ4v) is 10.2. The van der Waals surface area contributed by atoms with E-state index in [9.17, 15) is 20.1 Å². The average molecular weight is 973 g/mol. The molecule has 0 radical (unpaired) electrons. The predicted octanol–water partition coefficient (Wildman–Crippen LogP) is 20.0. The van der Waals surface area contributed by atoms with Crippen molar-refractivity contribution in [3.63, 3.8) is 0 Å². The summed E-state index contributed by atoms with van der Waals surface area (Å²) in [6.07, 6.45) is 76.9. The van der Waals surface area contributed by atoms with Gasteiger partial charge in [-0.05, 0) is 32.1 Å². The van der Waals surface area contributed by atoms with E-state index in [0.29, 0.717) is 6.42 Å². The Morgan fingerprint density at radius 2 is 0.623 bits per heavy atom. The van der Waals surface area contributed by atoms with Crippen LogP contribution in [0.25, 0.3) is 0 Å². The summed E-state index contributed by atoms with van der Waals surface area (Å²) in [5.41, 5.74) is 0. The summed E-state index contributed by atoms with van der Waals surface area (Å²) in [7, 11) is 0. The molecule has 0 aromatic rings. The van der Waals surface area contributed by atoms with Crippen molar-refractivity contribution < 1.29 is 20.1 Å². The number of carbonyl (C=O) groups is 1. The highest BCUT2D eigenvalue weighted by atomic mass is 16.3. The zero-order valence-electron chi connectivity index (χ0n) is 47.0. The van der Waals surface area contributed by atoms with Crippen molar-refractivity contribution in [2.24, 2.45) is 0 Å². The van der Waals surface area contributed by atoms with Crippen LogP contribution in [-0.4, -0.2) is 46.1 Å². The van der Waals surface area contributed by atoms with Crippen molar-refractivity contribution in [3.05, 3.63) is 24.3 Å². The van der Waals surface area contributed by atoms with Gasteiger partial charge in [0.15, 0.2) is 0 Å². The van der Waals surface area contributed by atoms with Crippen molar-refractivity contribution in [2.75, 3.05) is 6.61 Å². The van der Waals surface area contributed by atoms with Gasteiger partial charge in [-0.15, -0.1) is 0 Å². The smallest absolute Gasteiger partial charge is 0.222 e. The van der Waals surface area contributed by atoms with Crippen molar-refractivity contribution in [1.82, 2.24) is 5.32 Å². The Balaban J connectivity index is 3.52. The van der Waals surface area contributed by atoms with Gasteiger partial charge in [0.1, 0.15) is 0 Å². The molecule has 0 aromatic heterocycles. The molecule has 0 spiro atoms. The first-order valence-corrected chi connectivity index (χ1v) is 31.6. The maximum Gasteiger partial charge on any atom is 0.222 e. The molecule has 4 N–H and O–H groups in total. The number of aliphatic hydroxyl groups excluding tert-OH is 3. The van der Waals surface area contributed by atoms with Crippen LogP contribution >= 0.6 is 0 Å². The van der Waals surface area contributed by atoms with Crippen molar-refractivity contribution >= 4 is 5.91 Å². The van der Waals surface area contributed by atoms with Crippen molar-refractivity contribution in [2.45, 2.75) is 372 Å². The molecule has 0 heterocycles. The van der Waals surface area contributed by atoms with Crippen LogP contribution in [0.4, 0.5) is 0 Å². The fourth-order valence-electron chi connectivity index (χ4n) is 10.2. The Morgan fingerprint density at radius 1 is 0.362 bits per heavy atom. The number of aliphatic hydroxyl groups is 3. The van der Waals surface area contributed by atoms with E-state index >= 15 is 0 Å². The van der Waals surface area contributed by atoms with E-state index in [4.69, 9.17) is 0 Å². The van der Waals surface area contributed by atoms with Gasteiger partial charge in [0.2, 0.25) is 5.91 Å². The lowest BCUT2D eigenvalue weighted by Gasteiger charge is -2.21. The first-order valence-electron chi connectivity index (χ1n) is 31.6. The zero-order chi connectivity index (χ0) is 50.0. The first-order chi connectivity index (χ1) is 34.0. The van der Waals surface area contributed by atoms with E-state index in [1.165, 1.54) is 295 Å². The van der Waals surface area contributed by atoms with Crippen LogP contribution in [0.5, 0.6) is 0 Å². The molecule has 3 unspecified atom stereocenters. The summed E-state index contributed by atoms with van der Waals surface area (Å²) in [6.45, 7) is 4.25. The zero-order valence-corrected chi connectivity index (χ0v) is 47.0. The Bertz CT molecular complexity index is 1030. The lowest BCUT2D eigenvalue weighted by atomic mass is 10.0. The predicted molar refractivity (Wildman–Crippen MR) is 305 cm³/mol. The molecule has 69 heavy (non-hydrogen) atoms. The molecule has 0 saturated carbocycles. The second-order valence-corrected chi connectivity index (χ2v) is 22.0. The molecule has 0 fully saturated rings. The molecule has 3 atom stereocenters. The van der Waals surface area contributed by atoms with E-state index in [1.54, 1.807) is 6.08 Å². The Morgan fingerprint density at radius 3 is 0.928 bits per heavy atom. The quantitative estimate of drug-likeness (QED) is 0.0361. The molecule has 0 saturated heterocycles. The SMILES string of the molecule is CCCCCCCCCCCCCCCCCCCC/C=C/CC/C=C/C(O)C(CO)NC(=O)CC(O)CCCCCCCCCCCCCCCCCCCCCCCCCCCCCCCC. The number of carbonyl (C=O) groups excluding carboxylic acids is 1. The number of hydrogen-bond acceptors (Lipinski definition) is 4. The van der Waals surface area contributed by atoms with Crippen LogP contribution in [0.1, 0.15) is 354 Å². The van der Waals surface area contributed by atoms with E-state index in [-0.39, 0.29) is 18.9 Å². The van der Waals surface area contributed by atoms with E-state index in [1.807, 2.05) is 6.08 Å². The maximum atomic E-state index is 12.6. The average Bonchev–Trinajstić information content (AvgIpc) is 3.35. The highest BCUT2D eigenvalue weighted by molar-refractivity contribution is 5.76. The molecular weight excluding hydrogens is 847 g/mol. The number of rotatable bonds is 59. The van der Waals surface area contributed by atoms with Crippen LogP contribution in [0.15, 0.2) is 24.3 Å². The number of allylic oxidation sites excluding steroid dienone is 3.